The Labute approximate surface area is 104 Å². The summed E-state index contributed by atoms with van der Waals surface area (Å²) in [7, 11) is 0. The first kappa shape index (κ1) is 13.0. The van der Waals surface area contributed by atoms with Crippen molar-refractivity contribution in [3.8, 4) is 0 Å². The molecule has 0 heterocycles. The molecule has 84 valence electrons. The van der Waals surface area contributed by atoms with Crippen LogP contribution in [0.15, 0.2) is 18.2 Å². The number of alkyl halides is 1. The Kier molecular flexibility index (Phi) is 5.62. The molecule has 0 aliphatic rings. The molecule has 0 spiro atoms. The predicted octanol–water partition coefficient (Wildman–Crippen LogP) is 4.83. The summed E-state index contributed by atoms with van der Waals surface area (Å²) in [6.07, 6.45) is 3.12. The summed E-state index contributed by atoms with van der Waals surface area (Å²) in [6.45, 7) is 2.16. The van der Waals surface area contributed by atoms with Gasteiger partial charge in [0.1, 0.15) is 5.82 Å². The van der Waals surface area contributed by atoms with E-state index in [1.165, 1.54) is 6.07 Å². The van der Waals surface area contributed by atoms with Crippen molar-refractivity contribution in [1.29, 1.82) is 0 Å². The molecular weight excluding hydrogens is 278 g/mol. The van der Waals surface area contributed by atoms with Gasteiger partial charge in [0.2, 0.25) is 0 Å². The number of benzene rings is 1. The highest BCUT2D eigenvalue weighted by Gasteiger charge is 2.11. The average Bonchev–Trinajstić information content (AvgIpc) is 2.24. The van der Waals surface area contributed by atoms with Crippen LogP contribution in [-0.2, 0) is 6.42 Å². The van der Waals surface area contributed by atoms with Gasteiger partial charge in [-0.25, -0.2) is 4.39 Å². The normalized spacial score (nSPS) is 12.8. The second kappa shape index (κ2) is 6.49. The standard InChI is InChI=1S/C12H15BrClF/c1-2-4-9(8-13)7-10-5-3-6-11(15)12(10)14/h3,5-6,9H,2,4,7-8H2,1H3. The molecule has 1 unspecified atom stereocenters. The van der Waals surface area contributed by atoms with Crippen LogP contribution in [0, 0.1) is 11.7 Å². The van der Waals surface area contributed by atoms with Crippen LogP contribution in [-0.4, -0.2) is 5.33 Å². The molecule has 0 bridgehead atoms. The Balaban J connectivity index is 2.74. The van der Waals surface area contributed by atoms with Gasteiger partial charge >= 0.3 is 0 Å². The number of hydrogen-bond acceptors (Lipinski definition) is 0. The van der Waals surface area contributed by atoms with Gasteiger partial charge in [-0.1, -0.05) is 53.0 Å². The lowest BCUT2D eigenvalue weighted by atomic mass is 9.97. The van der Waals surface area contributed by atoms with E-state index in [0.717, 1.165) is 30.2 Å². The lowest BCUT2D eigenvalue weighted by Crippen LogP contribution is -2.06. The van der Waals surface area contributed by atoms with Crippen LogP contribution in [0.4, 0.5) is 4.39 Å². The summed E-state index contributed by atoms with van der Waals surface area (Å²) < 4.78 is 13.2. The van der Waals surface area contributed by atoms with Gasteiger partial charge in [-0.3, -0.25) is 0 Å². The van der Waals surface area contributed by atoms with E-state index in [4.69, 9.17) is 11.6 Å². The van der Waals surface area contributed by atoms with Crippen molar-refractivity contribution >= 4 is 27.5 Å². The first-order valence-corrected chi connectivity index (χ1v) is 6.67. The molecular formula is C12H15BrClF. The molecule has 0 radical (unpaired) electrons. The molecule has 0 saturated heterocycles. The fourth-order valence-corrected chi connectivity index (χ4v) is 2.41. The van der Waals surface area contributed by atoms with E-state index in [0.29, 0.717) is 5.92 Å². The molecule has 0 N–H and O–H groups in total. The third kappa shape index (κ3) is 3.76. The molecule has 0 nitrogen and oxygen atoms in total. The highest BCUT2D eigenvalue weighted by atomic mass is 79.9. The first-order chi connectivity index (χ1) is 7.19. The fraction of sp³-hybridized carbons (Fsp3) is 0.500. The van der Waals surface area contributed by atoms with Gasteiger partial charge in [-0.2, -0.15) is 0 Å². The van der Waals surface area contributed by atoms with E-state index in [2.05, 4.69) is 22.9 Å². The van der Waals surface area contributed by atoms with E-state index in [1.54, 1.807) is 6.07 Å². The van der Waals surface area contributed by atoms with E-state index in [-0.39, 0.29) is 10.8 Å². The third-order valence-corrected chi connectivity index (χ3v) is 3.79. The lowest BCUT2D eigenvalue weighted by Gasteiger charge is -2.13. The first-order valence-electron chi connectivity index (χ1n) is 5.17. The summed E-state index contributed by atoms with van der Waals surface area (Å²) >= 11 is 9.38. The number of rotatable bonds is 5. The lowest BCUT2D eigenvalue weighted by molar-refractivity contribution is 0.531. The molecule has 0 aromatic heterocycles. The largest absolute Gasteiger partial charge is 0.205 e. The van der Waals surface area contributed by atoms with Gasteiger partial charge in [0.25, 0.3) is 0 Å². The van der Waals surface area contributed by atoms with Crippen LogP contribution in [0.1, 0.15) is 25.3 Å². The second-order valence-corrected chi connectivity index (χ2v) is 4.75. The Bertz CT molecular complexity index is 314. The molecule has 1 aromatic rings. The Morgan fingerprint density at radius 2 is 2.20 bits per heavy atom. The monoisotopic (exact) mass is 292 g/mol. The van der Waals surface area contributed by atoms with Crippen LogP contribution >= 0.6 is 27.5 Å². The summed E-state index contributed by atoms with van der Waals surface area (Å²) in [4.78, 5) is 0. The Hall–Kier alpha value is -0.0800. The van der Waals surface area contributed by atoms with Gasteiger partial charge in [-0.05, 0) is 30.4 Å². The molecule has 0 aliphatic heterocycles. The van der Waals surface area contributed by atoms with Crippen LogP contribution in [0.5, 0.6) is 0 Å². The van der Waals surface area contributed by atoms with Crippen molar-refractivity contribution in [2.45, 2.75) is 26.2 Å². The van der Waals surface area contributed by atoms with Crippen molar-refractivity contribution in [3.05, 3.63) is 34.6 Å². The van der Waals surface area contributed by atoms with Gasteiger partial charge in [-0.15, -0.1) is 0 Å². The van der Waals surface area contributed by atoms with Gasteiger partial charge in [0.15, 0.2) is 0 Å². The highest BCUT2D eigenvalue weighted by Crippen LogP contribution is 2.24. The molecule has 0 saturated carbocycles. The van der Waals surface area contributed by atoms with E-state index in [1.807, 2.05) is 6.07 Å². The summed E-state index contributed by atoms with van der Waals surface area (Å²) in [6, 6.07) is 5.01. The maximum Gasteiger partial charge on any atom is 0.142 e. The number of hydrogen-bond donors (Lipinski definition) is 0. The molecule has 1 aromatic carbocycles. The zero-order valence-electron chi connectivity index (χ0n) is 8.77. The summed E-state index contributed by atoms with van der Waals surface area (Å²) in [5.41, 5.74) is 0.912. The van der Waals surface area contributed by atoms with Gasteiger partial charge in [0.05, 0.1) is 5.02 Å². The third-order valence-electron chi connectivity index (χ3n) is 2.46. The number of halogens is 3. The molecule has 0 fully saturated rings. The van der Waals surface area contributed by atoms with Crippen LogP contribution < -0.4 is 0 Å². The van der Waals surface area contributed by atoms with Crippen molar-refractivity contribution in [2.24, 2.45) is 5.92 Å². The molecule has 3 heteroatoms. The van der Waals surface area contributed by atoms with Crippen molar-refractivity contribution in [3.63, 3.8) is 0 Å². The smallest absolute Gasteiger partial charge is 0.142 e. The fourth-order valence-electron chi connectivity index (χ4n) is 1.66. The molecule has 0 amide bonds. The highest BCUT2D eigenvalue weighted by molar-refractivity contribution is 9.09. The van der Waals surface area contributed by atoms with Crippen LogP contribution in [0.3, 0.4) is 0 Å². The van der Waals surface area contributed by atoms with E-state index in [9.17, 15) is 4.39 Å². The maximum atomic E-state index is 13.2. The van der Waals surface area contributed by atoms with Gasteiger partial charge in [0, 0.05) is 5.33 Å². The van der Waals surface area contributed by atoms with Gasteiger partial charge < -0.3 is 0 Å². The predicted molar refractivity (Wildman–Crippen MR) is 67.3 cm³/mol. The molecule has 15 heavy (non-hydrogen) atoms. The quantitative estimate of drug-likeness (QED) is 0.682. The minimum atomic E-state index is -0.320. The molecule has 1 rings (SSSR count). The van der Waals surface area contributed by atoms with Crippen LogP contribution in [0.25, 0.3) is 0 Å². The van der Waals surface area contributed by atoms with Crippen molar-refractivity contribution in [1.82, 2.24) is 0 Å². The van der Waals surface area contributed by atoms with Crippen molar-refractivity contribution in [2.75, 3.05) is 5.33 Å². The SMILES string of the molecule is CCCC(CBr)Cc1cccc(F)c1Cl. The topological polar surface area (TPSA) is 0 Å². The molecule has 1 atom stereocenters. The zero-order valence-corrected chi connectivity index (χ0v) is 11.1. The van der Waals surface area contributed by atoms with Crippen molar-refractivity contribution < 1.29 is 4.39 Å². The zero-order chi connectivity index (χ0) is 11.3. The molecule has 0 aliphatic carbocycles. The van der Waals surface area contributed by atoms with E-state index >= 15 is 0 Å². The van der Waals surface area contributed by atoms with Crippen LogP contribution in [0.2, 0.25) is 5.02 Å². The maximum absolute atomic E-state index is 13.2. The average molecular weight is 294 g/mol. The minimum Gasteiger partial charge on any atom is -0.205 e. The second-order valence-electron chi connectivity index (χ2n) is 3.73. The summed E-state index contributed by atoms with van der Waals surface area (Å²) in [5, 5.41) is 1.22. The Morgan fingerprint density at radius 1 is 1.47 bits per heavy atom. The summed E-state index contributed by atoms with van der Waals surface area (Å²) in [5.74, 6) is 0.216. The Morgan fingerprint density at radius 3 is 2.80 bits per heavy atom. The minimum absolute atomic E-state index is 0.277. The van der Waals surface area contributed by atoms with E-state index < -0.39 is 0 Å².